The SMILES string of the molecule is CC1(NC(=O)OCc2ccccc2)CCN(C(=O)C2CCN(Cc3ccncc3)CC2)CC1. The fourth-order valence-electron chi connectivity index (χ4n) is 4.69. The number of pyridine rings is 1. The number of piperidine rings is 2. The summed E-state index contributed by atoms with van der Waals surface area (Å²) in [4.78, 5) is 33.9. The second-order valence-corrected chi connectivity index (χ2v) is 9.48. The third-order valence-corrected chi connectivity index (χ3v) is 6.89. The Kier molecular flexibility index (Phi) is 7.60. The fourth-order valence-corrected chi connectivity index (χ4v) is 4.69. The van der Waals surface area contributed by atoms with Crippen LogP contribution in [0.25, 0.3) is 0 Å². The third kappa shape index (κ3) is 6.54. The molecular weight excluding hydrogens is 416 g/mol. The number of amides is 2. The lowest BCUT2D eigenvalue weighted by atomic mass is 9.88. The molecule has 0 bridgehead atoms. The Hall–Kier alpha value is -2.93. The summed E-state index contributed by atoms with van der Waals surface area (Å²) in [5.74, 6) is 0.374. The summed E-state index contributed by atoms with van der Waals surface area (Å²) in [6.07, 6.45) is 6.53. The highest BCUT2D eigenvalue weighted by Gasteiger charge is 2.36. The molecule has 2 saturated heterocycles. The van der Waals surface area contributed by atoms with Crippen molar-refractivity contribution in [2.24, 2.45) is 5.92 Å². The average molecular weight is 451 g/mol. The van der Waals surface area contributed by atoms with Gasteiger partial charge in [-0.15, -0.1) is 0 Å². The maximum absolute atomic E-state index is 13.1. The van der Waals surface area contributed by atoms with Crippen LogP contribution in [0, 0.1) is 5.92 Å². The van der Waals surface area contributed by atoms with Crippen molar-refractivity contribution in [1.29, 1.82) is 0 Å². The fraction of sp³-hybridized carbons (Fsp3) is 0.500. The van der Waals surface area contributed by atoms with E-state index in [-0.39, 0.29) is 24.0 Å². The Bertz CT molecular complexity index is 906. The van der Waals surface area contributed by atoms with Gasteiger partial charge in [0.2, 0.25) is 5.91 Å². The normalized spacial score (nSPS) is 19.1. The van der Waals surface area contributed by atoms with Crippen LogP contribution in [-0.2, 0) is 22.7 Å². The largest absolute Gasteiger partial charge is 0.445 e. The summed E-state index contributed by atoms with van der Waals surface area (Å²) in [7, 11) is 0. The first-order valence-electron chi connectivity index (χ1n) is 11.9. The smallest absolute Gasteiger partial charge is 0.407 e. The van der Waals surface area contributed by atoms with Crippen LogP contribution in [0.15, 0.2) is 54.9 Å². The van der Waals surface area contributed by atoms with E-state index in [2.05, 4.69) is 15.2 Å². The summed E-state index contributed by atoms with van der Waals surface area (Å²) < 4.78 is 5.38. The Morgan fingerprint density at radius 1 is 1.00 bits per heavy atom. The van der Waals surface area contributed by atoms with Crippen molar-refractivity contribution in [3.8, 4) is 0 Å². The number of hydrogen-bond donors (Lipinski definition) is 1. The monoisotopic (exact) mass is 450 g/mol. The van der Waals surface area contributed by atoms with Gasteiger partial charge in [-0.05, 0) is 69.0 Å². The zero-order valence-electron chi connectivity index (χ0n) is 19.4. The van der Waals surface area contributed by atoms with Crippen molar-refractivity contribution < 1.29 is 14.3 Å². The van der Waals surface area contributed by atoms with Gasteiger partial charge in [0.05, 0.1) is 0 Å². The predicted octanol–water partition coefficient (Wildman–Crippen LogP) is 3.60. The molecular formula is C26H34N4O3. The Morgan fingerprint density at radius 3 is 2.33 bits per heavy atom. The summed E-state index contributed by atoms with van der Waals surface area (Å²) in [6, 6.07) is 13.8. The molecule has 2 aromatic rings. The number of rotatable bonds is 6. The van der Waals surface area contributed by atoms with E-state index in [1.807, 2.05) is 66.7 Å². The van der Waals surface area contributed by atoms with E-state index in [9.17, 15) is 9.59 Å². The molecule has 0 saturated carbocycles. The first kappa shape index (κ1) is 23.2. The number of aromatic nitrogens is 1. The molecule has 3 heterocycles. The van der Waals surface area contributed by atoms with Crippen molar-refractivity contribution in [2.75, 3.05) is 26.2 Å². The van der Waals surface area contributed by atoms with Gasteiger partial charge < -0.3 is 15.0 Å². The van der Waals surface area contributed by atoms with Gasteiger partial charge in [0.1, 0.15) is 6.61 Å². The van der Waals surface area contributed by atoms with Crippen LogP contribution in [0.1, 0.15) is 43.7 Å². The topological polar surface area (TPSA) is 74.8 Å². The second kappa shape index (κ2) is 10.8. The lowest BCUT2D eigenvalue weighted by Gasteiger charge is -2.41. The molecule has 176 valence electrons. The van der Waals surface area contributed by atoms with E-state index in [0.29, 0.717) is 13.1 Å². The van der Waals surface area contributed by atoms with Gasteiger partial charge in [-0.3, -0.25) is 14.7 Å². The molecule has 2 aliphatic heterocycles. The van der Waals surface area contributed by atoms with Gasteiger partial charge in [-0.25, -0.2) is 4.79 Å². The highest BCUT2D eigenvalue weighted by Crippen LogP contribution is 2.26. The minimum Gasteiger partial charge on any atom is -0.445 e. The quantitative estimate of drug-likeness (QED) is 0.728. The Balaban J connectivity index is 1.18. The molecule has 7 heteroatoms. The van der Waals surface area contributed by atoms with Crippen LogP contribution in [0.4, 0.5) is 4.79 Å². The van der Waals surface area contributed by atoms with Crippen molar-refractivity contribution in [3.63, 3.8) is 0 Å². The van der Waals surface area contributed by atoms with E-state index in [1.54, 1.807) is 0 Å². The standard InChI is InChI=1S/C26H34N4O3/c1-26(28-25(32)33-20-22-5-3-2-4-6-22)11-17-30(18-12-26)24(31)23-9-15-29(16-10-23)19-21-7-13-27-14-8-21/h2-8,13-14,23H,9-12,15-20H2,1H3,(H,28,32). The van der Waals surface area contributed by atoms with E-state index < -0.39 is 6.09 Å². The second-order valence-electron chi connectivity index (χ2n) is 9.48. The summed E-state index contributed by atoms with van der Waals surface area (Å²) in [5.41, 5.74) is 1.88. The summed E-state index contributed by atoms with van der Waals surface area (Å²) >= 11 is 0. The summed E-state index contributed by atoms with van der Waals surface area (Å²) in [6.45, 7) is 6.44. The minimum absolute atomic E-state index is 0.104. The molecule has 0 radical (unpaired) electrons. The van der Waals surface area contributed by atoms with Gasteiger partial charge in [-0.2, -0.15) is 0 Å². The molecule has 4 rings (SSSR count). The number of alkyl carbamates (subject to hydrolysis) is 1. The maximum atomic E-state index is 13.1. The minimum atomic E-state index is -0.400. The van der Waals surface area contributed by atoms with Crippen LogP contribution in [0.3, 0.4) is 0 Å². The zero-order valence-corrected chi connectivity index (χ0v) is 19.4. The molecule has 0 spiro atoms. The summed E-state index contributed by atoms with van der Waals surface area (Å²) in [5, 5.41) is 3.02. The highest BCUT2D eigenvalue weighted by atomic mass is 16.5. The van der Waals surface area contributed by atoms with Crippen LogP contribution in [-0.4, -0.2) is 58.5 Å². The number of benzene rings is 1. The lowest BCUT2D eigenvalue weighted by Crippen LogP contribution is -2.55. The van der Waals surface area contributed by atoms with E-state index in [4.69, 9.17) is 4.74 Å². The van der Waals surface area contributed by atoms with Gasteiger partial charge in [0, 0.05) is 43.5 Å². The number of nitrogens with zero attached hydrogens (tertiary/aromatic N) is 3. The van der Waals surface area contributed by atoms with Crippen molar-refractivity contribution in [1.82, 2.24) is 20.1 Å². The van der Waals surface area contributed by atoms with E-state index >= 15 is 0 Å². The highest BCUT2D eigenvalue weighted by molar-refractivity contribution is 5.79. The molecule has 33 heavy (non-hydrogen) atoms. The number of nitrogens with one attached hydrogen (secondary N) is 1. The van der Waals surface area contributed by atoms with E-state index in [1.165, 1.54) is 5.56 Å². The van der Waals surface area contributed by atoms with Crippen molar-refractivity contribution in [3.05, 3.63) is 66.0 Å². The van der Waals surface area contributed by atoms with Crippen LogP contribution in [0.5, 0.6) is 0 Å². The van der Waals surface area contributed by atoms with Gasteiger partial charge in [0.25, 0.3) is 0 Å². The van der Waals surface area contributed by atoms with Gasteiger partial charge >= 0.3 is 6.09 Å². The van der Waals surface area contributed by atoms with E-state index in [0.717, 1.165) is 50.9 Å². The van der Waals surface area contributed by atoms with Crippen LogP contribution < -0.4 is 5.32 Å². The zero-order chi connectivity index (χ0) is 23.1. The number of ether oxygens (including phenoxy) is 1. The molecule has 2 aliphatic rings. The van der Waals surface area contributed by atoms with Gasteiger partial charge in [0.15, 0.2) is 0 Å². The number of hydrogen-bond acceptors (Lipinski definition) is 5. The molecule has 1 N–H and O–H groups in total. The average Bonchev–Trinajstić information content (AvgIpc) is 2.84. The molecule has 7 nitrogen and oxygen atoms in total. The Morgan fingerprint density at radius 2 is 1.67 bits per heavy atom. The molecule has 1 aromatic carbocycles. The number of likely N-dealkylation sites (tertiary alicyclic amines) is 2. The third-order valence-electron chi connectivity index (χ3n) is 6.89. The molecule has 2 amide bonds. The molecule has 0 aliphatic carbocycles. The molecule has 0 atom stereocenters. The molecule has 2 fully saturated rings. The molecule has 1 aromatic heterocycles. The first-order valence-corrected chi connectivity index (χ1v) is 11.9. The Labute approximate surface area is 196 Å². The first-order chi connectivity index (χ1) is 16.0. The van der Waals surface area contributed by atoms with Crippen molar-refractivity contribution >= 4 is 12.0 Å². The van der Waals surface area contributed by atoms with Crippen LogP contribution in [0.2, 0.25) is 0 Å². The maximum Gasteiger partial charge on any atom is 0.407 e. The number of carbonyl (C=O) groups excluding carboxylic acids is 2. The van der Waals surface area contributed by atoms with Crippen molar-refractivity contribution in [2.45, 2.75) is 51.3 Å². The van der Waals surface area contributed by atoms with Gasteiger partial charge in [-0.1, -0.05) is 30.3 Å². The predicted molar refractivity (Wildman–Crippen MR) is 126 cm³/mol. The van der Waals surface area contributed by atoms with Crippen LogP contribution >= 0.6 is 0 Å². The number of carbonyl (C=O) groups is 2. The molecule has 0 unspecified atom stereocenters. The lowest BCUT2D eigenvalue weighted by molar-refractivity contribution is -0.138.